The summed E-state index contributed by atoms with van der Waals surface area (Å²) < 4.78 is 66.6. The molecule has 0 amide bonds. The van der Waals surface area contributed by atoms with Gasteiger partial charge < -0.3 is 0 Å². The van der Waals surface area contributed by atoms with E-state index in [1.165, 1.54) is 57.8 Å². The van der Waals surface area contributed by atoms with Gasteiger partial charge in [-0.05, 0) is 111 Å². The van der Waals surface area contributed by atoms with Gasteiger partial charge in [0.1, 0.15) is 11.6 Å². The first kappa shape index (κ1) is 30.6. The predicted octanol–water partition coefficient (Wildman–Crippen LogP) is 11.6. The summed E-state index contributed by atoms with van der Waals surface area (Å²) in [5, 5.41) is 0. The fraction of sp³-hybridized carbons (Fsp3) is 0.765. The van der Waals surface area contributed by atoms with E-state index >= 15 is 4.39 Å². The molecule has 0 nitrogen and oxygen atoms in total. The van der Waals surface area contributed by atoms with Crippen molar-refractivity contribution in [2.45, 2.75) is 135 Å². The van der Waals surface area contributed by atoms with E-state index in [2.05, 4.69) is 13.0 Å². The summed E-state index contributed by atoms with van der Waals surface area (Å²) in [6, 6.07) is 5.95. The highest BCUT2D eigenvalue weighted by molar-refractivity contribution is 5.28. The number of halogens is 5. The SMILES string of the molecule is CCCCCC1CCC(CCc2ccc(C3CCC(C4CCC(C(F)=CC(F)(F)F)CC4)CC3)c(F)c2)CC1. The summed E-state index contributed by atoms with van der Waals surface area (Å²) >= 11 is 0. The lowest BCUT2D eigenvalue weighted by Crippen LogP contribution is -2.26. The maximum absolute atomic E-state index is 15.2. The third kappa shape index (κ3) is 9.32. The van der Waals surface area contributed by atoms with E-state index in [0.29, 0.717) is 24.7 Å². The predicted molar refractivity (Wildman–Crippen MR) is 150 cm³/mol. The molecule has 0 aliphatic heterocycles. The molecule has 0 N–H and O–H groups in total. The number of allylic oxidation sites excluding steroid dienone is 2. The summed E-state index contributed by atoms with van der Waals surface area (Å²) in [4.78, 5) is 0. The Balaban J connectivity index is 1.18. The molecule has 1 aromatic carbocycles. The Kier molecular flexibility index (Phi) is 11.4. The minimum atomic E-state index is -4.58. The second kappa shape index (κ2) is 14.5. The highest BCUT2D eigenvalue weighted by atomic mass is 19.4. The van der Waals surface area contributed by atoms with Crippen molar-refractivity contribution in [1.82, 2.24) is 0 Å². The van der Waals surface area contributed by atoms with Gasteiger partial charge in [0.15, 0.2) is 0 Å². The smallest absolute Gasteiger partial charge is 0.212 e. The molecule has 4 rings (SSSR count). The van der Waals surface area contributed by atoms with Crippen LogP contribution in [0, 0.1) is 35.4 Å². The zero-order valence-corrected chi connectivity index (χ0v) is 23.9. The molecule has 0 radical (unpaired) electrons. The summed E-state index contributed by atoms with van der Waals surface area (Å²) in [5.41, 5.74) is 1.98. The van der Waals surface area contributed by atoms with Crippen molar-refractivity contribution in [1.29, 1.82) is 0 Å². The van der Waals surface area contributed by atoms with E-state index in [4.69, 9.17) is 0 Å². The van der Waals surface area contributed by atoms with Gasteiger partial charge in [-0.3, -0.25) is 0 Å². The van der Waals surface area contributed by atoms with Crippen LogP contribution in [0.4, 0.5) is 22.0 Å². The molecule has 3 saturated carbocycles. The Morgan fingerprint density at radius 3 is 1.95 bits per heavy atom. The third-order valence-electron chi connectivity index (χ3n) is 10.4. The first-order valence-corrected chi connectivity index (χ1v) is 15.9. The number of aryl methyl sites for hydroxylation is 1. The maximum atomic E-state index is 15.2. The number of unbranched alkanes of at least 4 members (excludes halogenated alkanes) is 2. The number of rotatable bonds is 10. The van der Waals surface area contributed by atoms with Gasteiger partial charge >= 0.3 is 6.18 Å². The third-order valence-corrected chi connectivity index (χ3v) is 10.4. The molecule has 0 atom stereocenters. The molecule has 220 valence electrons. The Morgan fingerprint density at radius 2 is 1.38 bits per heavy atom. The van der Waals surface area contributed by atoms with Crippen molar-refractivity contribution in [2.24, 2.45) is 29.6 Å². The normalized spacial score (nSPS) is 30.9. The van der Waals surface area contributed by atoms with Gasteiger partial charge in [-0.25, -0.2) is 8.78 Å². The molecule has 3 aliphatic rings. The lowest BCUT2D eigenvalue weighted by atomic mass is 9.68. The molecule has 5 heteroatoms. The maximum Gasteiger partial charge on any atom is 0.412 e. The van der Waals surface area contributed by atoms with E-state index < -0.39 is 17.9 Å². The highest BCUT2D eigenvalue weighted by Gasteiger charge is 2.34. The molecule has 0 spiro atoms. The molecule has 39 heavy (non-hydrogen) atoms. The van der Waals surface area contributed by atoms with Crippen molar-refractivity contribution in [3.8, 4) is 0 Å². The summed E-state index contributed by atoms with van der Waals surface area (Å²) in [6.07, 6.45) is 14.8. The monoisotopic (exact) mass is 552 g/mol. The standard InChI is InChI=1S/C34H49F5/c1-2-3-4-5-24-6-8-25(9-7-24)10-11-26-12-21-31(32(35)22-26)29-17-13-27(14-18-29)28-15-19-30(20-16-28)33(36)23-34(37,38)39/h12,21-25,27-30H,2-11,13-20H2,1H3. The van der Waals surface area contributed by atoms with Gasteiger partial charge in [0.2, 0.25) is 0 Å². The van der Waals surface area contributed by atoms with Crippen molar-refractivity contribution in [3.63, 3.8) is 0 Å². The summed E-state index contributed by atoms with van der Waals surface area (Å²) in [6.45, 7) is 2.27. The molecule has 0 saturated heterocycles. The largest absolute Gasteiger partial charge is 0.412 e. The number of benzene rings is 1. The highest BCUT2D eigenvalue weighted by Crippen LogP contribution is 2.46. The van der Waals surface area contributed by atoms with Crippen LogP contribution in [0.2, 0.25) is 0 Å². The van der Waals surface area contributed by atoms with Crippen LogP contribution < -0.4 is 0 Å². The summed E-state index contributed by atoms with van der Waals surface area (Å²) in [7, 11) is 0. The fourth-order valence-electron chi connectivity index (χ4n) is 7.96. The minimum absolute atomic E-state index is 0.0528. The zero-order chi connectivity index (χ0) is 27.8. The number of hydrogen-bond acceptors (Lipinski definition) is 0. The molecule has 0 heterocycles. The first-order chi connectivity index (χ1) is 18.7. The molecular formula is C34H49F5. The Morgan fingerprint density at radius 1 is 0.795 bits per heavy atom. The van der Waals surface area contributed by atoms with Gasteiger partial charge in [-0.15, -0.1) is 0 Å². The Labute approximate surface area is 233 Å². The van der Waals surface area contributed by atoms with Crippen LogP contribution in [0.1, 0.15) is 133 Å². The van der Waals surface area contributed by atoms with E-state index in [-0.39, 0.29) is 17.8 Å². The zero-order valence-electron chi connectivity index (χ0n) is 23.9. The average molecular weight is 553 g/mol. The van der Waals surface area contributed by atoms with Crippen LogP contribution >= 0.6 is 0 Å². The minimum Gasteiger partial charge on any atom is -0.212 e. The van der Waals surface area contributed by atoms with E-state index in [1.54, 1.807) is 6.07 Å². The van der Waals surface area contributed by atoms with E-state index in [9.17, 15) is 17.6 Å². The van der Waals surface area contributed by atoms with Crippen LogP contribution in [0.25, 0.3) is 0 Å². The second-order valence-corrected chi connectivity index (χ2v) is 13.1. The lowest BCUT2D eigenvalue weighted by molar-refractivity contribution is -0.0821. The number of hydrogen-bond donors (Lipinski definition) is 0. The molecule has 0 bridgehead atoms. The second-order valence-electron chi connectivity index (χ2n) is 13.1. The van der Waals surface area contributed by atoms with Gasteiger partial charge in [-0.1, -0.05) is 70.4 Å². The Hall–Kier alpha value is -1.39. The van der Waals surface area contributed by atoms with Crippen molar-refractivity contribution < 1.29 is 22.0 Å². The van der Waals surface area contributed by atoms with E-state index in [0.717, 1.165) is 67.9 Å². The van der Waals surface area contributed by atoms with Gasteiger partial charge in [-0.2, -0.15) is 13.2 Å². The topological polar surface area (TPSA) is 0 Å². The van der Waals surface area contributed by atoms with Gasteiger partial charge in [0.25, 0.3) is 0 Å². The molecule has 0 aromatic heterocycles. The Bertz CT molecular complexity index is 895. The number of alkyl halides is 3. The fourth-order valence-corrected chi connectivity index (χ4v) is 7.96. The van der Waals surface area contributed by atoms with Crippen LogP contribution in [-0.4, -0.2) is 6.18 Å². The molecular weight excluding hydrogens is 503 g/mol. The first-order valence-electron chi connectivity index (χ1n) is 15.9. The van der Waals surface area contributed by atoms with Crippen LogP contribution in [0.3, 0.4) is 0 Å². The molecule has 3 aliphatic carbocycles. The lowest BCUT2D eigenvalue weighted by Gasteiger charge is -2.37. The van der Waals surface area contributed by atoms with Gasteiger partial charge in [0.05, 0.1) is 6.08 Å². The molecule has 3 fully saturated rings. The van der Waals surface area contributed by atoms with E-state index in [1.807, 2.05) is 6.07 Å². The average Bonchev–Trinajstić information content (AvgIpc) is 2.92. The van der Waals surface area contributed by atoms with Crippen LogP contribution in [0.15, 0.2) is 30.1 Å². The summed E-state index contributed by atoms with van der Waals surface area (Å²) in [5.74, 6) is 1.31. The quantitative estimate of drug-likeness (QED) is 0.200. The van der Waals surface area contributed by atoms with Crippen molar-refractivity contribution in [3.05, 3.63) is 47.0 Å². The van der Waals surface area contributed by atoms with Crippen molar-refractivity contribution in [2.75, 3.05) is 0 Å². The van der Waals surface area contributed by atoms with Crippen molar-refractivity contribution >= 4 is 0 Å². The molecule has 1 aromatic rings. The molecule has 0 unspecified atom stereocenters. The van der Waals surface area contributed by atoms with Gasteiger partial charge in [0, 0.05) is 5.92 Å². The van der Waals surface area contributed by atoms with Crippen LogP contribution in [0.5, 0.6) is 0 Å². The van der Waals surface area contributed by atoms with Crippen LogP contribution in [-0.2, 0) is 6.42 Å².